The van der Waals surface area contributed by atoms with Crippen molar-refractivity contribution in [1.82, 2.24) is 14.8 Å². The second-order valence-electron chi connectivity index (χ2n) is 5.53. The monoisotopic (exact) mass is 305 g/mol. The molecule has 0 amide bonds. The Balaban J connectivity index is 2.49. The lowest BCUT2D eigenvalue weighted by molar-refractivity contribution is 0.456. The number of hydrogen-bond acceptors (Lipinski definition) is 2. The van der Waals surface area contributed by atoms with Crippen LogP contribution in [0.25, 0.3) is 0 Å². The van der Waals surface area contributed by atoms with Gasteiger partial charge in [0.2, 0.25) is 0 Å². The first-order chi connectivity index (χ1) is 10.2. The van der Waals surface area contributed by atoms with Crippen LogP contribution in [0.15, 0.2) is 30.3 Å². The molecule has 0 aliphatic rings. The van der Waals surface area contributed by atoms with E-state index in [0.29, 0.717) is 11.8 Å². The zero-order chi connectivity index (χ0) is 15.2. The van der Waals surface area contributed by atoms with Gasteiger partial charge in [-0.15, -0.1) is 21.8 Å². The van der Waals surface area contributed by atoms with E-state index >= 15 is 0 Å². The zero-order valence-corrected chi connectivity index (χ0v) is 13.8. The Kier molecular flexibility index (Phi) is 5.80. The Morgan fingerprint density at radius 2 is 1.86 bits per heavy atom. The average Bonchev–Trinajstić information content (AvgIpc) is 2.91. The van der Waals surface area contributed by atoms with Gasteiger partial charge in [-0.2, -0.15) is 0 Å². The van der Waals surface area contributed by atoms with Gasteiger partial charge in [-0.05, 0) is 17.9 Å². The minimum absolute atomic E-state index is 0.271. The quantitative estimate of drug-likeness (QED) is 0.700. The summed E-state index contributed by atoms with van der Waals surface area (Å²) in [6.07, 6.45) is 2.16. The largest absolute Gasteiger partial charge is 0.313 e. The van der Waals surface area contributed by atoms with Gasteiger partial charge in [0.1, 0.15) is 11.6 Å². The second kappa shape index (κ2) is 7.60. The first-order valence-electron chi connectivity index (χ1n) is 7.75. The molecule has 0 aliphatic heterocycles. The van der Waals surface area contributed by atoms with Gasteiger partial charge in [0.15, 0.2) is 0 Å². The van der Waals surface area contributed by atoms with Crippen molar-refractivity contribution in [2.75, 3.05) is 0 Å². The summed E-state index contributed by atoms with van der Waals surface area (Å²) in [5.41, 5.74) is 1.30. The number of benzene rings is 1. The third-order valence-corrected chi connectivity index (χ3v) is 4.31. The summed E-state index contributed by atoms with van der Waals surface area (Å²) in [7, 11) is 0. The first kappa shape index (κ1) is 16.0. The van der Waals surface area contributed by atoms with Crippen LogP contribution in [0.2, 0.25) is 0 Å². The van der Waals surface area contributed by atoms with Gasteiger partial charge in [0.25, 0.3) is 0 Å². The molecule has 114 valence electrons. The molecular formula is C17H24ClN3. The normalized spacial score (nSPS) is 14.1. The van der Waals surface area contributed by atoms with Gasteiger partial charge in [0, 0.05) is 12.5 Å². The fourth-order valence-corrected chi connectivity index (χ4v) is 2.97. The molecule has 1 aromatic heterocycles. The number of halogens is 1. The zero-order valence-electron chi connectivity index (χ0n) is 13.1. The molecule has 3 nitrogen and oxygen atoms in total. The Bertz CT molecular complexity index is 550. The summed E-state index contributed by atoms with van der Waals surface area (Å²) in [6, 6.07) is 10.6. The molecule has 0 radical (unpaired) electrons. The molecule has 0 saturated carbocycles. The Hall–Kier alpha value is -1.35. The number of rotatable bonds is 7. The summed E-state index contributed by atoms with van der Waals surface area (Å²) in [5, 5.41) is 8.78. The molecule has 0 fully saturated rings. The van der Waals surface area contributed by atoms with Crippen LogP contribution in [0.4, 0.5) is 0 Å². The van der Waals surface area contributed by atoms with Crippen molar-refractivity contribution >= 4 is 11.6 Å². The van der Waals surface area contributed by atoms with Crippen molar-refractivity contribution in [3.05, 3.63) is 47.5 Å². The van der Waals surface area contributed by atoms with Crippen molar-refractivity contribution in [3.63, 3.8) is 0 Å². The SMILES string of the molecule is CCCn1c(CCl)nnc1C(c1ccccc1)C(C)CC. The van der Waals surface area contributed by atoms with Crippen molar-refractivity contribution in [2.24, 2.45) is 5.92 Å². The molecule has 0 bridgehead atoms. The summed E-state index contributed by atoms with van der Waals surface area (Å²) < 4.78 is 2.21. The minimum atomic E-state index is 0.271. The summed E-state index contributed by atoms with van der Waals surface area (Å²) in [4.78, 5) is 0. The highest BCUT2D eigenvalue weighted by atomic mass is 35.5. The van der Waals surface area contributed by atoms with Crippen molar-refractivity contribution < 1.29 is 0 Å². The number of alkyl halides is 1. The maximum absolute atomic E-state index is 6.02. The molecule has 2 atom stereocenters. The number of hydrogen-bond donors (Lipinski definition) is 0. The topological polar surface area (TPSA) is 30.7 Å². The third-order valence-electron chi connectivity index (χ3n) is 4.07. The van der Waals surface area contributed by atoms with Gasteiger partial charge in [0.05, 0.1) is 5.88 Å². The van der Waals surface area contributed by atoms with Crippen molar-refractivity contribution in [3.8, 4) is 0 Å². The second-order valence-corrected chi connectivity index (χ2v) is 5.80. The van der Waals surface area contributed by atoms with E-state index in [-0.39, 0.29) is 5.92 Å². The van der Waals surface area contributed by atoms with Crippen molar-refractivity contribution in [1.29, 1.82) is 0 Å². The lowest BCUT2D eigenvalue weighted by atomic mass is 9.85. The van der Waals surface area contributed by atoms with Crippen LogP contribution in [0, 0.1) is 5.92 Å². The smallest absolute Gasteiger partial charge is 0.147 e. The standard InChI is InChI=1S/C17H24ClN3/c1-4-11-21-15(12-18)19-20-17(21)16(13(3)5-2)14-9-7-6-8-10-14/h6-10,13,16H,4-5,11-12H2,1-3H3. The molecule has 1 heterocycles. The van der Waals surface area contributed by atoms with Crippen LogP contribution in [-0.2, 0) is 12.4 Å². The van der Waals surface area contributed by atoms with Crippen molar-refractivity contribution in [2.45, 2.75) is 52.0 Å². The average molecular weight is 306 g/mol. The molecule has 0 N–H and O–H groups in total. The highest BCUT2D eigenvalue weighted by molar-refractivity contribution is 6.16. The first-order valence-corrected chi connectivity index (χ1v) is 8.29. The third kappa shape index (κ3) is 3.46. The molecule has 4 heteroatoms. The Morgan fingerprint density at radius 1 is 1.14 bits per heavy atom. The molecule has 2 rings (SSSR count). The predicted octanol–water partition coefficient (Wildman–Crippen LogP) is 4.60. The van der Waals surface area contributed by atoms with Crippen LogP contribution < -0.4 is 0 Å². The highest BCUT2D eigenvalue weighted by Crippen LogP contribution is 2.33. The predicted molar refractivity (Wildman–Crippen MR) is 87.6 cm³/mol. The molecule has 2 unspecified atom stereocenters. The highest BCUT2D eigenvalue weighted by Gasteiger charge is 2.26. The van der Waals surface area contributed by atoms with Crippen LogP contribution in [-0.4, -0.2) is 14.8 Å². The maximum Gasteiger partial charge on any atom is 0.147 e. The summed E-state index contributed by atoms with van der Waals surface area (Å²) >= 11 is 6.02. The van der Waals surface area contributed by atoms with Crippen LogP contribution in [0.3, 0.4) is 0 Å². The van der Waals surface area contributed by atoms with E-state index in [0.717, 1.165) is 31.0 Å². The molecular weight excluding hydrogens is 282 g/mol. The molecule has 21 heavy (non-hydrogen) atoms. The lowest BCUT2D eigenvalue weighted by Gasteiger charge is -2.23. The minimum Gasteiger partial charge on any atom is -0.313 e. The molecule has 1 aromatic carbocycles. The van der Waals surface area contributed by atoms with E-state index in [1.54, 1.807) is 0 Å². The van der Waals surface area contributed by atoms with E-state index in [1.807, 2.05) is 0 Å². The van der Waals surface area contributed by atoms with Gasteiger partial charge in [-0.25, -0.2) is 0 Å². The lowest BCUT2D eigenvalue weighted by Crippen LogP contribution is -2.17. The fourth-order valence-electron chi connectivity index (χ4n) is 2.77. The molecule has 0 saturated heterocycles. The van der Waals surface area contributed by atoms with E-state index < -0.39 is 0 Å². The van der Waals surface area contributed by atoms with Gasteiger partial charge < -0.3 is 4.57 Å². The van der Waals surface area contributed by atoms with E-state index in [9.17, 15) is 0 Å². The molecule has 0 aliphatic carbocycles. The van der Waals surface area contributed by atoms with E-state index in [2.05, 4.69) is 65.9 Å². The molecule has 0 spiro atoms. The van der Waals surface area contributed by atoms with E-state index in [4.69, 9.17) is 11.6 Å². The number of nitrogens with zero attached hydrogens (tertiary/aromatic N) is 3. The summed E-state index contributed by atoms with van der Waals surface area (Å²) in [6.45, 7) is 7.60. The Labute approximate surface area is 132 Å². The van der Waals surface area contributed by atoms with Crippen LogP contribution in [0.5, 0.6) is 0 Å². The Morgan fingerprint density at radius 3 is 2.43 bits per heavy atom. The maximum atomic E-state index is 6.02. The molecule has 2 aromatic rings. The summed E-state index contributed by atoms with van der Waals surface area (Å²) in [5.74, 6) is 3.11. The van der Waals surface area contributed by atoms with Gasteiger partial charge >= 0.3 is 0 Å². The number of aromatic nitrogens is 3. The van der Waals surface area contributed by atoms with Gasteiger partial charge in [-0.3, -0.25) is 0 Å². The van der Waals surface area contributed by atoms with Crippen LogP contribution >= 0.6 is 11.6 Å². The van der Waals surface area contributed by atoms with Gasteiger partial charge in [-0.1, -0.05) is 57.5 Å². The fraction of sp³-hybridized carbons (Fsp3) is 0.529. The van der Waals surface area contributed by atoms with Crippen LogP contribution in [0.1, 0.15) is 56.7 Å². The van der Waals surface area contributed by atoms with E-state index in [1.165, 1.54) is 5.56 Å².